The van der Waals surface area contributed by atoms with Crippen LogP contribution in [0, 0.1) is 0 Å². The average molecular weight is 430 g/mol. The molecular weight excluding hydrogens is 402 g/mol. The highest BCUT2D eigenvalue weighted by molar-refractivity contribution is 7.89. The van der Waals surface area contributed by atoms with Gasteiger partial charge in [-0.25, -0.2) is 8.42 Å². The van der Waals surface area contributed by atoms with Gasteiger partial charge in [0.1, 0.15) is 0 Å². The number of nitrogens with zero attached hydrogens (tertiary/aromatic N) is 1. The molecule has 8 heteroatoms. The zero-order chi connectivity index (χ0) is 21.9. The summed E-state index contributed by atoms with van der Waals surface area (Å²) in [5.74, 6) is -0.571. The van der Waals surface area contributed by atoms with E-state index in [4.69, 9.17) is 0 Å². The lowest BCUT2D eigenvalue weighted by atomic mass is 10.0. The van der Waals surface area contributed by atoms with Crippen molar-refractivity contribution in [1.29, 1.82) is 0 Å². The minimum absolute atomic E-state index is 0.0333. The highest BCUT2D eigenvalue weighted by Crippen LogP contribution is 2.30. The van der Waals surface area contributed by atoms with Crippen LogP contribution in [0.2, 0.25) is 0 Å². The third-order valence-electron chi connectivity index (χ3n) is 5.25. The van der Waals surface area contributed by atoms with Gasteiger partial charge in [-0.2, -0.15) is 4.31 Å². The van der Waals surface area contributed by atoms with Crippen molar-refractivity contribution in [1.82, 2.24) is 4.31 Å². The summed E-state index contributed by atoms with van der Waals surface area (Å²) >= 11 is 0. The molecule has 7 nitrogen and oxygen atoms in total. The summed E-state index contributed by atoms with van der Waals surface area (Å²) in [6.45, 7) is 5.28. The molecule has 1 aliphatic rings. The van der Waals surface area contributed by atoms with Crippen molar-refractivity contribution in [2.24, 2.45) is 0 Å². The minimum atomic E-state index is -3.59. The summed E-state index contributed by atoms with van der Waals surface area (Å²) in [6.07, 6.45) is 2.74. The van der Waals surface area contributed by atoms with E-state index in [1.54, 1.807) is 40.7 Å². The van der Waals surface area contributed by atoms with E-state index in [-0.39, 0.29) is 28.8 Å². The smallest absolute Gasteiger partial charge is 0.255 e. The number of hydrogen-bond donors (Lipinski definition) is 2. The van der Waals surface area contributed by atoms with Crippen LogP contribution in [0.1, 0.15) is 50.4 Å². The maximum absolute atomic E-state index is 13.1. The van der Waals surface area contributed by atoms with E-state index in [1.165, 1.54) is 19.1 Å². The molecule has 1 fully saturated rings. The maximum atomic E-state index is 13.1. The van der Waals surface area contributed by atoms with Crippen molar-refractivity contribution < 1.29 is 18.0 Å². The molecular formula is C22H27N3O4S. The first-order chi connectivity index (χ1) is 14.2. The number of amides is 2. The molecule has 2 atom stereocenters. The fraction of sp³-hybridized carbons (Fsp3) is 0.364. The van der Waals surface area contributed by atoms with Crippen LogP contribution in [0.4, 0.5) is 11.4 Å². The van der Waals surface area contributed by atoms with E-state index in [9.17, 15) is 18.0 Å². The van der Waals surface area contributed by atoms with Crippen molar-refractivity contribution in [3.05, 3.63) is 54.1 Å². The average Bonchev–Trinajstić information content (AvgIpc) is 2.68. The Labute approximate surface area is 177 Å². The second-order valence-electron chi connectivity index (χ2n) is 7.70. The van der Waals surface area contributed by atoms with Gasteiger partial charge < -0.3 is 10.6 Å². The number of anilines is 2. The monoisotopic (exact) mass is 429 g/mol. The van der Waals surface area contributed by atoms with Crippen LogP contribution in [0.25, 0.3) is 0 Å². The standard InChI is InChI=1S/C22H27N3O4S/c1-15-6-4-7-16(2)25(15)30(28,29)21-12-10-19(11-13-21)24-22(27)18-8-5-9-20(14-18)23-17(3)26/h5,8-16H,4,6-7H2,1-3H3,(H,23,26)(H,24,27)/t15-,16-/m1/s1. The van der Waals surface area contributed by atoms with Gasteiger partial charge in [0.05, 0.1) is 4.90 Å². The van der Waals surface area contributed by atoms with Gasteiger partial charge in [0.2, 0.25) is 15.9 Å². The molecule has 1 heterocycles. The van der Waals surface area contributed by atoms with E-state index < -0.39 is 10.0 Å². The first kappa shape index (κ1) is 22.0. The number of sulfonamides is 1. The zero-order valence-electron chi connectivity index (χ0n) is 17.4. The number of rotatable bonds is 5. The molecule has 30 heavy (non-hydrogen) atoms. The van der Waals surface area contributed by atoms with Crippen LogP contribution in [-0.2, 0) is 14.8 Å². The molecule has 2 aromatic carbocycles. The van der Waals surface area contributed by atoms with Crippen molar-refractivity contribution >= 4 is 33.2 Å². The summed E-state index contributed by atoms with van der Waals surface area (Å²) in [5.41, 5.74) is 1.40. The summed E-state index contributed by atoms with van der Waals surface area (Å²) in [6, 6.07) is 12.7. The van der Waals surface area contributed by atoms with Crippen LogP contribution >= 0.6 is 0 Å². The summed E-state index contributed by atoms with van der Waals surface area (Å²) in [7, 11) is -3.59. The molecule has 1 aliphatic heterocycles. The second kappa shape index (κ2) is 8.97. The third-order valence-corrected chi connectivity index (χ3v) is 7.39. The van der Waals surface area contributed by atoms with Crippen molar-refractivity contribution in [3.8, 4) is 0 Å². The zero-order valence-corrected chi connectivity index (χ0v) is 18.2. The molecule has 0 saturated carbocycles. The predicted molar refractivity (Wildman–Crippen MR) is 117 cm³/mol. The first-order valence-corrected chi connectivity index (χ1v) is 11.4. The third kappa shape index (κ3) is 4.88. The summed E-state index contributed by atoms with van der Waals surface area (Å²) < 4.78 is 27.8. The van der Waals surface area contributed by atoms with E-state index in [1.807, 2.05) is 13.8 Å². The Morgan fingerprint density at radius 2 is 1.57 bits per heavy atom. The molecule has 0 spiro atoms. The number of carbonyl (C=O) groups is 2. The molecule has 0 bridgehead atoms. The number of piperidine rings is 1. The van der Waals surface area contributed by atoms with Gasteiger partial charge in [0.25, 0.3) is 5.91 Å². The fourth-order valence-electron chi connectivity index (χ4n) is 3.85. The SMILES string of the molecule is CC(=O)Nc1cccc(C(=O)Nc2ccc(S(=O)(=O)N3[C@H](C)CCC[C@H]3C)cc2)c1. The van der Waals surface area contributed by atoms with E-state index in [2.05, 4.69) is 10.6 Å². The minimum Gasteiger partial charge on any atom is -0.326 e. The Bertz CT molecular complexity index is 1020. The van der Waals surface area contributed by atoms with Crippen LogP contribution in [0.15, 0.2) is 53.4 Å². The lowest BCUT2D eigenvalue weighted by molar-refractivity contribution is -0.114. The number of carbonyl (C=O) groups excluding carboxylic acids is 2. The van der Waals surface area contributed by atoms with Gasteiger partial charge in [-0.05, 0) is 69.2 Å². The van der Waals surface area contributed by atoms with Gasteiger partial charge in [-0.15, -0.1) is 0 Å². The number of benzene rings is 2. The van der Waals surface area contributed by atoms with Gasteiger partial charge in [-0.1, -0.05) is 12.5 Å². The largest absolute Gasteiger partial charge is 0.326 e. The van der Waals surface area contributed by atoms with Crippen LogP contribution in [-0.4, -0.2) is 36.6 Å². The lowest BCUT2D eigenvalue weighted by Gasteiger charge is -2.37. The van der Waals surface area contributed by atoms with Crippen LogP contribution in [0.3, 0.4) is 0 Å². The fourth-order valence-corrected chi connectivity index (χ4v) is 5.73. The summed E-state index contributed by atoms with van der Waals surface area (Å²) in [4.78, 5) is 23.9. The van der Waals surface area contributed by atoms with E-state index >= 15 is 0 Å². The molecule has 2 N–H and O–H groups in total. The van der Waals surface area contributed by atoms with Crippen molar-refractivity contribution in [2.75, 3.05) is 10.6 Å². The van der Waals surface area contributed by atoms with Gasteiger partial charge in [0, 0.05) is 35.9 Å². The van der Waals surface area contributed by atoms with E-state index in [0.717, 1.165) is 19.3 Å². The molecule has 1 saturated heterocycles. The number of nitrogens with one attached hydrogen (secondary N) is 2. The maximum Gasteiger partial charge on any atom is 0.255 e. The van der Waals surface area contributed by atoms with Crippen LogP contribution in [0.5, 0.6) is 0 Å². The first-order valence-electron chi connectivity index (χ1n) is 10.0. The Morgan fingerprint density at radius 3 is 2.17 bits per heavy atom. The molecule has 0 aromatic heterocycles. The highest BCUT2D eigenvalue weighted by atomic mass is 32.2. The van der Waals surface area contributed by atoms with Gasteiger partial charge >= 0.3 is 0 Å². The molecule has 0 aliphatic carbocycles. The molecule has 0 unspecified atom stereocenters. The van der Waals surface area contributed by atoms with E-state index in [0.29, 0.717) is 16.9 Å². The van der Waals surface area contributed by atoms with Crippen LogP contribution < -0.4 is 10.6 Å². The Balaban J connectivity index is 1.74. The van der Waals surface area contributed by atoms with Gasteiger partial charge in [0.15, 0.2) is 0 Å². The Kier molecular flexibility index (Phi) is 6.58. The second-order valence-corrected chi connectivity index (χ2v) is 9.55. The molecule has 0 radical (unpaired) electrons. The van der Waals surface area contributed by atoms with Crippen molar-refractivity contribution in [2.45, 2.75) is 57.0 Å². The Morgan fingerprint density at radius 1 is 0.933 bits per heavy atom. The predicted octanol–water partition coefficient (Wildman–Crippen LogP) is 3.85. The molecule has 2 aromatic rings. The quantitative estimate of drug-likeness (QED) is 0.755. The molecule has 2 amide bonds. The Hall–Kier alpha value is -2.71. The summed E-state index contributed by atoms with van der Waals surface area (Å²) in [5, 5.41) is 5.39. The van der Waals surface area contributed by atoms with Gasteiger partial charge in [-0.3, -0.25) is 9.59 Å². The van der Waals surface area contributed by atoms with Crippen molar-refractivity contribution in [3.63, 3.8) is 0 Å². The lowest BCUT2D eigenvalue weighted by Crippen LogP contribution is -2.47. The number of hydrogen-bond acceptors (Lipinski definition) is 4. The normalized spacial score (nSPS) is 19.8. The topological polar surface area (TPSA) is 95.6 Å². The highest BCUT2D eigenvalue weighted by Gasteiger charge is 2.35. The molecule has 160 valence electrons. The molecule has 3 rings (SSSR count).